The number of carbonyl (C=O) groups excluding carboxylic acids is 1. The fraction of sp³-hybridized carbons (Fsp3) is 0.409. The zero-order valence-corrected chi connectivity index (χ0v) is 16.4. The maximum Gasteiger partial charge on any atom is 0.236 e. The maximum atomic E-state index is 14.0. The fourth-order valence-electron chi connectivity index (χ4n) is 3.16. The number of nitrogens with zero attached hydrogens (tertiary/aromatic N) is 3. The molecule has 0 saturated heterocycles. The number of likely N-dealkylation sites (N-methyl/N-ethyl adjacent to an activating group) is 1. The molecule has 2 aromatic rings. The summed E-state index contributed by atoms with van der Waals surface area (Å²) in [7, 11) is 5.84. The van der Waals surface area contributed by atoms with Crippen LogP contribution in [0.5, 0.6) is 0 Å². The van der Waals surface area contributed by atoms with Gasteiger partial charge in [0.25, 0.3) is 0 Å². The quantitative estimate of drug-likeness (QED) is 0.712. The van der Waals surface area contributed by atoms with Gasteiger partial charge in [0.05, 0.1) is 6.54 Å². The van der Waals surface area contributed by atoms with Gasteiger partial charge in [0.15, 0.2) is 0 Å². The molecule has 1 fully saturated rings. The monoisotopic (exact) mass is 369 g/mol. The van der Waals surface area contributed by atoms with Crippen LogP contribution in [0.25, 0.3) is 0 Å². The van der Waals surface area contributed by atoms with Crippen LogP contribution in [-0.2, 0) is 17.9 Å². The molecular weight excluding hydrogens is 341 g/mol. The largest absolute Gasteiger partial charge is 0.378 e. The average molecular weight is 369 g/mol. The van der Waals surface area contributed by atoms with Crippen LogP contribution < -0.4 is 4.90 Å². The topological polar surface area (TPSA) is 26.8 Å². The number of hydrogen-bond acceptors (Lipinski definition) is 3. The fourth-order valence-corrected chi connectivity index (χ4v) is 3.16. The van der Waals surface area contributed by atoms with E-state index in [2.05, 4.69) is 34.1 Å². The summed E-state index contributed by atoms with van der Waals surface area (Å²) in [5.74, 6) is -0.139. The molecule has 0 heterocycles. The maximum absolute atomic E-state index is 14.0. The van der Waals surface area contributed by atoms with Crippen molar-refractivity contribution in [3.8, 4) is 0 Å². The molecule has 0 aromatic heterocycles. The molecule has 1 aliphatic rings. The Morgan fingerprint density at radius 2 is 1.67 bits per heavy atom. The van der Waals surface area contributed by atoms with Crippen molar-refractivity contribution in [2.45, 2.75) is 32.0 Å². The van der Waals surface area contributed by atoms with Crippen molar-refractivity contribution < 1.29 is 9.18 Å². The summed E-state index contributed by atoms with van der Waals surface area (Å²) in [5, 5.41) is 0. The van der Waals surface area contributed by atoms with E-state index in [9.17, 15) is 9.18 Å². The molecule has 0 spiro atoms. The van der Waals surface area contributed by atoms with Crippen molar-refractivity contribution >= 4 is 11.6 Å². The van der Waals surface area contributed by atoms with Gasteiger partial charge < -0.3 is 9.80 Å². The third kappa shape index (κ3) is 5.30. The van der Waals surface area contributed by atoms with E-state index in [0.717, 1.165) is 24.1 Å². The van der Waals surface area contributed by atoms with Crippen LogP contribution >= 0.6 is 0 Å². The first-order chi connectivity index (χ1) is 12.9. The van der Waals surface area contributed by atoms with Gasteiger partial charge in [-0.15, -0.1) is 0 Å². The van der Waals surface area contributed by atoms with Crippen LogP contribution in [0.2, 0.25) is 0 Å². The molecule has 0 unspecified atom stereocenters. The lowest BCUT2D eigenvalue weighted by molar-refractivity contribution is -0.132. The zero-order valence-electron chi connectivity index (χ0n) is 16.4. The smallest absolute Gasteiger partial charge is 0.236 e. The normalized spacial score (nSPS) is 13.7. The van der Waals surface area contributed by atoms with Gasteiger partial charge in [-0.1, -0.05) is 30.3 Å². The number of anilines is 1. The van der Waals surface area contributed by atoms with Crippen molar-refractivity contribution in [3.05, 3.63) is 65.5 Å². The SMILES string of the molecule is CN(Cc1ccc(N(C)C)cc1)C(=O)CN(Cc1ccccc1F)C1CC1. The van der Waals surface area contributed by atoms with Crippen LogP contribution in [-0.4, -0.2) is 49.4 Å². The highest BCUT2D eigenvalue weighted by molar-refractivity contribution is 5.78. The lowest BCUT2D eigenvalue weighted by atomic mass is 10.2. The summed E-state index contributed by atoms with van der Waals surface area (Å²) in [6, 6.07) is 15.4. The number of carbonyl (C=O) groups is 1. The number of rotatable bonds is 8. The van der Waals surface area contributed by atoms with E-state index in [-0.39, 0.29) is 11.7 Å². The third-order valence-corrected chi connectivity index (χ3v) is 5.03. The molecule has 144 valence electrons. The van der Waals surface area contributed by atoms with Gasteiger partial charge in [-0.3, -0.25) is 9.69 Å². The second-order valence-electron chi connectivity index (χ2n) is 7.54. The number of benzene rings is 2. The Labute approximate surface area is 161 Å². The lowest BCUT2D eigenvalue weighted by Crippen LogP contribution is -2.39. The molecule has 0 radical (unpaired) electrons. The predicted octanol–water partition coefficient (Wildman–Crippen LogP) is 3.51. The highest BCUT2D eigenvalue weighted by Crippen LogP contribution is 2.28. The van der Waals surface area contributed by atoms with Gasteiger partial charge in [-0.25, -0.2) is 4.39 Å². The van der Waals surface area contributed by atoms with Crippen LogP contribution in [0.1, 0.15) is 24.0 Å². The van der Waals surface area contributed by atoms with Crippen LogP contribution in [0.4, 0.5) is 10.1 Å². The van der Waals surface area contributed by atoms with Gasteiger partial charge in [0, 0.05) is 51.5 Å². The molecule has 0 bridgehead atoms. The predicted molar refractivity (Wildman–Crippen MR) is 107 cm³/mol. The first kappa shape index (κ1) is 19.4. The molecule has 3 rings (SSSR count). The first-order valence-electron chi connectivity index (χ1n) is 9.41. The molecule has 2 aromatic carbocycles. The van der Waals surface area contributed by atoms with Crippen molar-refractivity contribution in [2.75, 3.05) is 32.6 Å². The van der Waals surface area contributed by atoms with Crippen LogP contribution in [0, 0.1) is 5.82 Å². The van der Waals surface area contributed by atoms with E-state index in [1.54, 1.807) is 17.0 Å². The molecule has 0 aliphatic heterocycles. The van der Waals surface area contributed by atoms with Gasteiger partial charge in [-0.05, 0) is 36.6 Å². The van der Waals surface area contributed by atoms with Gasteiger partial charge in [0.2, 0.25) is 5.91 Å². The molecular formula is C22H28FN3O. The van der Waals surface area contributed by atoms with E-state index >= 15 is 0 Å². The lowest BCUT2D eigenvalue weighted by Gasteiger charge is -2.25. The van der Waals surface area contributed by atoms with E-state index < -0.39 is 0 Å². The summed E-state index contributed by atoms with van der Waals surface area (Å²) in [4.78, 5) is 18.6. The zero-order chi connectivity index (χ0) is 19.4. The Morgan fingerprint density at radius 1 is 1.00 bits per heavy atom. The Hall–Kier alpha value is -2.40. The Bertz CT molecular complexity index is 771. The summed E-state index contributed by atoms with van der Waals surface area (Å²) in [6.07, 6.45) is 2.16. The van der Waals surface area contributed by atoms with Gasteiger partial charge >= 0.3 is 0 Å². The van der Waals surface area contributed by atoms with E-state index in [1.165, 1.54) is 6.07 Å². The summed E-state index contributed by atoms with van der Waals surface area (Å²) >= 11 is 0. The molecule has 1 amide bonds. The minimum absolute atomic E-state index is 0.0647. The van der Waals surface area contributed by atoms with Crippen molar-refractivity contribution in [1.29, 1.82) is 0 Å². The number of halogens is 1. The molecule has 0 N–H and O–H groups in total. The standard InChI is InChI=1S/C22H28FN3O/c1-24(2)19-10-8-17(9-11-19)14-25(3)22(27)16-26(20-12-13-20)15-18-6-4-5-7-21(18)23/h4-11,20H,12-16H2,1-3H3. The van der Waals surface area contributed by atoms with E-state index in [4.69, 9.17) is 0 Å². The summed E-state index contributed by atoms with van der Waals surface area (Å²) in [6.45, 7) is 1.38. The first-order valence-corrected chi connectivity index (χ1v) is 9.41. The molecule has 5 heteroatoms. The van der Waals surface area contributed by atoms with Crippen molar-refractivity contribution in [2.24, 2.45) is 0 Å². The van der Waals surface area contributed by atoms with Gasteiger partial charge in [0.1, 0.15) is 5.82 Å². The highest BCUT2D eigenvalue weighted by atomic mass is 19.1. The van der Waals surface area contributed by atoms with Crippen LogP contribution in [0.15, 0.2) is 48.5 Å². The molecule has 27 heavy (non-hydrogen) atoms. The van der Waals surface area contributed by atoms with E-state index in [0.29, 0.717) is 31.2 Å². The highest BCUT2D eigenvalue weighted by Gasteiger charge is 2.31. The Kier molecular flexibility index (Phi) is 6.11. The number of amides is 1. The minimum atomic E-state index is -0.204. The molecule has 1 aliphatic carbocycles. The van der Waals surface area contributed by atoms with Gasteiger partial charge in [-0.2, -0.15) is 0 Å². The van der Waals surface area contributed by atoms with Crippen molar-refractivity contribution in [1.82, 2.24) is 9.80 Å². The second kappa shape index (κ2) is 8.53. The summed E-state index contributed by atoms with van der Waals surface area (Å²) < 4.78 is 14.0. The minimum Gasteiger partial charge on any atom is -0.378 e. The second-order valence-corrected chi connectivity index (χ2v) is 7.54. The molecule has 4 nitrogen and oxygen atoms in total. The third-order valence-electron chi connectivity index (χ3n) is 5.03. The van der Waals surface area contributed by atoms with Crippen LogP contribution in [0.3, 0.4) is 0 Å². The summed E-state index contributed by atoms with van der Waals surface area (Å²) in [5.41, 5.74) is 2.89. The number of hydrogen-bond donors (Lipinski definition) is 0. The van der Waals surface area contributed by atoms with E-state index in [1.807, 2.05) is 27.2 Å². The Morgan fingerprint density at radius 3 is 2.26 bits per heavy atom. The molecule has 0 atom stereocenters. The Balaban J connectivity index is 1.59. The van der Waals surface area contributed by atoms with Crippen molar-refractivity contribution in [3.63, 3.8) is 0 Å². The molecule has 1 saturated carbocycles. The average Bonchev–Trinajstić information content (AvgIpc) is 3.48.